The molecule has 0 aliphatic carbocycles. The molecule has 0 amide bonds. The second-order valence-electron chi connectivity index (χ2n) is 4.61. The third kappa shape index (κ3) is 3.40. The van der Waals surface area contributed by atoms with Crippen molar-refractivity contribution in [3.63, 3.8) is 0 Å². The molecule has 4 nitrogen and oxygen atoms in total. The van der Waals surface area contributed by atoms with E-state index in [0.29, 0.717) is 6.54 Å². The van der Waals surface area contributed by atoms with Crippen molar-refractivity contribution in [2.45, 2.75) is 18.8 Å². The molecule has 1 atom stereocenters. The van der Waals surface area contributed by atoms with Crippen LogP contribution >= 0.6 is 23.2 Å². The zero-order valence-electron chi connectivity index (χ0n) is 10.7. The predicted molar refractivity (Wildman–Crippen MR) is 73.3 cm³/mol. The predicted octanol–water partition coefficient (Wildman–Crippen LogP) is 2.29. The molecule has 20 heavy (non-hydrogen) atoms. The lowest BCUT2D eigenvalue weighted by Crippen LogP contribution is -2.53. The van der Waals surface area contributed by atoms with Crippen molar-refractivity contribution in [1.29, 1.82) is 0 Å². The van der Waals surface area contributed by atoms with Gasteiger partial charge in [-0.15, -0.1) is 0 Å². The van der Waals surface area contributed by atoms with Gasteiger partial charge in [0.2, 0.25) is 0 Å². The molecule has 2 rings (SSSR count). The molecule has 1 fully saturated rings. The molecule has 0 radical (unpaired) electrons. The normalized spacial score (nSPS) is 21.0. The summed E-state index contributed by atoms with van der Waals surface area (Å²) in [5, 5.41) is 9.29. The third-order valence-corrected chi connectivity index (χ3v) is 3.57. The van der Waals surface area contributed by atoms with Crippen molar-refractivity contribution in [3.05, 3.63) is 28.0 Å². The van der Waals surface area contributed by atoms with E-state index in [1.807, 2.05) is 0 Å². The van der Waals surface area contributed by atoms with E-state index in [1.54, 1.807) is 0 Å². The Bertz CT molecular complexity index is 473. The molecular weight excluding hydrogens is 312 g/mol. The van der Waals surface area contributed by atoms with E-state index in [9.17, 15) is 13.8 Å². The number of ether oxygens (including phenoxy) is 1. The van der Waals surface area contributed by atoms with Gasteiger partial charge >= 0.3 is 7.05 Å². The van der Waals surface area contributed by atoms with E-state index < -0.39 is 19.1 Å². The fourth-order valence-electron chi connectivity index (χ4n) is 2.07. The Morgan fingerprint density at radius 3 is 2.60 bits per heavy atom. The quantitative estimate of drug-likeness (QED) is 0.684. The second kappa shape index (κ2) is 6.11. The minimum Gasteiger partial charge on any atom is -0.437 e. The molecule has 1 aliphatic heterocycles. The second-order valence-corrected chi connectivity index (χ2v) is 5.38. The van der Waals surface area contributed by atoms with Gasteiger partial charge in [0.1, 0.15) is 16.4 Å². The van der Waals surface area contributed by atoms with E-state index in [1.165, 1.54) is 11.6 Å². The highest BCUT2D eigenvalue weighted by Gasteiger charge is 2.45. The number of pyridine rings is 1. The van der Waals surface area contributed by atoms with Gasteiger partial charge in [-0.2, -0.15) is 8.78 Å². The summed E-state index contributed by atoms with van der Waals surface area (Å²) in [6.07, 6.45) is -1.37. The van der Waals surface area contributed by atoms with E-state index in [-0.39, 0.29) is 29.0 Å². The maximum atomic E-state index is 14.5. The van der Waals surface area contributed by atoms with Gasteiger partial charge in [-0.3, -0.25) is 0 Å². The van der Waals surface area contributed by atoms with Gasteiger partial charge in [-0.1, -0.05) is 23.2 Å². The Balaban J connectivity index is 2.24. The minimum atomic E-state index is -3.27. The highest BCUT2D eigenvalue weighted by Crippen LogP contribution is 2.37. The summed E-state index contributed by atoms with van der Waals surface area (Å²) in [6.45, 7) is 1.97. The molecule has 110 valence electrons. The van der Waals surface area contributed by atoms with Crippen molar-refractivity contribution in [2.75, 3.05) is 19.7 Å². The Morgan fingerprint density at radius 1 is 1.45 bits per heavy atom. The van der Waals surface area contributed by atoms with Crippen LogP contribution in [0.3, 0.4) is 0 Å². The van der Waals surface area contributed by atoms with Crippen LogP contribution in [-0.2, 0) is 10.7 Å². The van der Waals surface area contributed by atoms with Crippen LogP contribution in [0.2, 0.25) is 17.1 Å². The van der Waals surface area contributed by atoms with Crippen molar-refractivity contribution in [2.24, 2.45) is 0 Å². The first-order valence-corrected chi connectivity index (χ1v) is 6.81. The molecule has 0 saturated carbocycles. The zero-order chi connectivity index (χ0) is 14.9. The number of hydrogen-bond donors (Lipinski definition) is 1. The van der Waals surface area contributed by atoms with E-state index >= 15 is 0 Å². The molecule has 1 saturated heterocycles. The Morgan fingerprint density at radius 2 is 2.05 bits per heavy atom. The van der Waals surface area contributed by atoms with E-state index in [4.69, 9.17) is 27.9 Å². The Kier molecular flexibility index (Phi) is 4.86. The highest BCUT2D eigenvalue weighted by atomic mass is 35.5. The number of nitrogens with zero attached hydrogens (tertiary/aromatic N) is 2. The highest BCUT2D eigenvalue weighted by molar-refractivity contribution is 6.45. The topological polar surface area (TPSA) is 45.6 Å². The van der Waals surface area contributed by atoms with Gasteiger partial charge in [-0.05, 0) is 19.0 Å². The number of hydrogen-bond acceptors (Lipinski definition) is 4. The van der Waals surface area contributed by atoms with Crippen molar-refractivity contribution in [3.8, 4) is 0 Å². The minimum absolute atomic E-state index is 0.0811. The first kappa shape index (κ1) is 15.9. The van der Waals surface area contributed by atoms with Crippen molar-refractivity contribution >= 4 is 30.3 Å². The number of rotatable bonds is 3. The van der Waals surface area contributed by atoms with Gasteiger partial charge < -0.3 is 14.6 Å². The standard InChI is InChI=1S/C11H13BCl2F2N2O2/c1-12(19)18-2-3-20-8(6-18)11(15,16)7-4-9(13)17-10(14)5-7/h4-5,8,19H,2-3,6H2,1H3/t8-/m1/s1. The van der Waals surface area contributed by atoms with Crippen LogP contribution in [0.4, 0.5) is 8.78 Å². The van der Waals surface area contributed by atoms with Crippen molar-refractivity contribution in [1.82, 2.24) is 9.79 Å². The van der Waals surface area contributed by atoms with E-state index in [2.05, 4.69) is 4.98 Å². The van der Waals surface area contributed by atoms with Crippen LogP contribution < -0.4 is 0 Å². The lowest BCUT2D eigenvalue weighted by molar-refractivity contribution is -0.164. The SMILES string of the molecule is CB(O)N1CCO[C@@H](C(F)(F)c2cc(Cl)nc(Cl)c2)C1. The van der Waals surface area contributed by atoms with Gasteiger partial charge in [0.25, 0.3) is 5.92 Å². The summed E-state index contributed by atoms with van der Waals surface area (Å²) >= 11 is 11.3. The van der Waals surface area contributed by atoms with Gasteiger partial charge in [0.15, 0.2) is 0 Å². The van der Waals surface area contributed by atoms with Crippen LogP contribution in [0.1, 0.15) is 5.56 Å². The summed E-state index contributed by atoms with van der Waals surface area (Å²) in [6, 6.07) is 2.14. The van der Waals surface area contributed by atoms with Crippen LogP contribution in [0.15, 0.2) is 12.1 Å². The summed E-state index contributed by atoms with van der Waals surface area (Å²) in [5.74, 6) is -3.27. The van der Waals surface area contributed by atoms with Crippen LogP contribution in [-0.4, -0.2) is 47.7 Å². The smallest absolute Gasteiger partial charge is 0.376 e. The summed E-state index contributed by atoms with van der Waals surface area (Å²) in [4.78, 5) is 5.16. The maximum Gasteiger partial charge on any atom is 0.376 e. The van der Waals surface area contributed by atoms with Gasteiger partial charge in [0, 0.05) is 18.7 Å². The summed E-state index contributed by atoms with van der Waals surface area (Å²) < 4.78 is 34.1. The molecule has 0 unspecified atom stereocenters. The largest absolute Gasteiger partial charge is 0.437 e. The molecule has 9 heteroatoms. The molecule has 2 heterocycles. The average Bonchev–Trinajstić information content (AvgIpc) is 2.37. The lowest BCUT2D eigenvalue weighted by Gasteiger charge is -2.37. The molecule has 0 aromatic carbocycles. The third-order valence-electron chi connectivity index (χ3n) is 3.18. The van der Waals surface area contributed by atoms with Crippen LogP contribution in [0.25, 0.3) is 0 Å². The molecule has 1 aliphatic rings. The van der Waals surface area contributed by atoms with Crippen LogP contribution in [0.5, 0.6) is 0 Å². The fraction of sp³-hybridized carbons (Fsp3) is 0.545. The lowest BCUT2D eigenvalue weighted by atomic mass is 9.83. The molecule has 0 spiro atoms. The molecule has 1 aromatic rings. The maximum absolute atomic E-state index is 14.5. The molecule has 1 N–H and O–H groups in total. The van der Waals surface area contributed by atoms with Gasteiger partial charge in [-0.25, -0.2) is 4.98 Å². The van der Waals surface area contributed by atoms with Crippen LogP contribution in [0, 0.1) is 0 Å². The summed E-state index contributed by atoms with van der Waals surface area (Å²) in [5.41, 5.74) is -0.347. The molecular formula is C11H13BCl2F2N2O2. The molecule has 0 bridgehead atoms. The monoisotopic (exact) mass is 324 g/mol. The number of halogens is 4. The van der Waals surface area contributed by atoms with Crippen molar-refractivity contribution < 1.29 is 18.5 Å². The number of aromatic nitrogens is 1. The number of morpholine rings is 1. The fourth-order valence-corrected chi connectivity index (χ4v) is 2.53. The summed E-state index contributed by atoms with van der Waals surface area (Å²) in [7, 11) is -0.804. The van der Waals surface area contributed by atoms with Gasteiger partial charge in [0.05, 0.1) is 6.61 Å². The average molecular weight is 325 g/mol. The zero-order valence-corrected chi connectivity index (χ0v) is 12.2. The number of alkyl halides is 2. The van der Waals surface area contributed by atoms with E-state index in [0.717, 1.165) is 12.1 Å². The Labute approximate surface area is 125 Å². The molecule has 1 aromatic heterocycles. The Hall–Kier alpha value is -0.465. The first-order valence-electron chi connectivity index (χ1n) is 6.06. The first-order chi connectivity index (χ1) is 9.30.